The molecule has 0 fully saturated rings. The van der Waals surface area contributed by atoms with Crippen LogP contribution in [0.15, 0.2) is 36.1 Å². The molecule has 0 unspecified atom stereocenters. The summed E-state index contributed by atoms with van der Waals surface area (Å²) < 4.78 is 24.4. The lowest BCUT2D eigenvalue weighted by atomic mass is 9.86. The molecule has 0 saturated heterocycles. The van der Waals surface area contributed by atoms with Crippen LogP contribution in [0, 0.1) is 3.57 Å². The fourth-order valence-corrected chi connectivity index (χ4v) is 4.24. The van der Waals surface area contributed by atoms with E-state index in [-0.39, 0.29) is 5.78 Å². The summed E-state index contributed by atoms with van der Waals surface area (Å²) in [6.07, 6.45) is 4.46. The van der Waals surface area contributed by atoms with Crippen LogP contribution in [-0.4, -0.2) is 33.2 Å². The SMILES string of the molecule is CCCCOC1=C(c2cc(OC)c(OCCCC)c(OC)c2)Cc2cc(I)ccc2C1=O. The monoisotopic (exact) mass is 550 g/mol. The summed E-state index contributed by atoms with van der Waals surface area (Å²) in [5.41, 5.74) is 3.39. The summed E-state index contributed by atoms with van der Waals surface area (Å²) in [6.45, 7) is 5.31. The van der Waals surface area contributed by atoms with Crippen molar-refractivity contribution >= 4 is 33.9 Å². The molecular formula is C26H31IO5. The number of allylic oxidation sites excluding steroid dienone is 2. The first kappa shape index (κ1) is 24.4. The molecule has 1 aliphatic rings. The van der Waals surface area contributed by atoms with E-state index in [1.54, 1.807) is 14.2 Å². The number of fused-ring (bicyclic) bond motifs is 1. The molecule has 0 N–H and O–H groups in total. The smallest absolute Gasteiger partial charge is 0.228 e. The molecule has 0 aliphatic heterocycles. The van der Waals surface area contributed by atoms with Crippen molar-refractivity contribution in [2.75, 3.05) is 27.4 Å². The molecule has 32 heavy (non-hydrogen) atoms. The average molecular weight is 550 g/mol. The molecule has 0 radical (unpaired) electrons. The summed E-state index contributed by atoms with van der Waals surface area (Å²) in [6, 6.07) is 9.74. The summed E-state index contributed by atoms with van der Waals surface area (Å²) in [5, 5.41) is 0. The van der Waals surface area contributed by atoms with Crippen LogP contribution in [0.25, 0.3) is 5.57 Å². The van der Waals surface area contributed by atoms with Gasteiger partial charge in [-0.15, -0.1) is 0 Å². The summed E-state index contributed by atoms with van der Waals surface area (Å²) in [5.74, 6) is 2.08. The highest BCUT2D eigenvalue weighted by molar-refractivity contribution is 14.1. The molecule has 0 spiro atoms. The predicted octanol–water partition coefficient (Wildman–Crippen LogP) is 6.45. The van der Waals surface area contributed by atoms with E-state index in [9.17, 15) is 4.79 Å². The maximum absolute atomic E-state index is 13.4. The van der Waals surface area contributed by atoms with Gasteiger partial charge >= 0.3 is 0 Å². The van der Waals surface area contributed by atoms with Crippen LogP contribution < -0.4 is 14.2 Å². The van der Waals surface area contributed by atoms with Crippen LogP contribution in [0.5, 0.6) is 17.2 Å². The second kappa shape index (κ2) is 11.6. The zero-order valence-corrected chi connectivity index (χ0v) is 21.4. The molecular weight excluding hydrogens is 519 g/mol. The lowest BCUT2D eigenvalue weighted by Gasteiger charge is -2.24. The Kier molecular flexibility index (Phi) is 8.84. The fourth-order valence-electron chi connectivity index (χ4n) is 3.68. The third kappa shape index (κ3) is 5.39. The van der Waals surface area contributed by atoms with E-state index >= 15 is 0 Å². The van der Waals surface area contributed by atoms with E-state index < -0.39 is 0 Å². The van der Waals surface area contributed by atoms with E-state index in [0.29, 0.717) is 48.2 Å². The normalized spacial score (nSPS) is 13.1. The summed E-state index contributed by atoms with van der Waals surface area (Å²) >= 11 is 2.28. The minimum absolute atomic E-state index is 0.0741. The summed E-state index contributed by atoms with van der Waals surface area (Å²) in [4.78, 5) is 13.4. The van der Waals surface area contributed by atoms with Crippen molar-refractivity contribution in [1.29, 1.82) is 0 Å². The highest BCUT2D eigenvalue weighted by Gasteiger charge is 2.29. The maximum Gasteiger partial charge on any atom is 0.228 e. The van der Waals surface area contributed by atoms with Crippen molar-refractivity contribution in [3.8, 4) is 17.2 Å². The second-order valence-corrected chi connectivity index (χ2v) is 8.97. The van der Waals surface area contributed by atoms with Gasteiger partial charge in [-0.25, -0.2) is 0 Å². The Labute approximate surface area is 204 Å². The van der Waals surface area contributed by atoms with E-state index in [4.69, 9.17) is 18.9 Å². The predicted molar refractivity (Wildman–Crippen MR) is 135 cm³/mol. The van der Waals surface area contributed by atoms with Crippen molar-refractivity contribution in [1.82, 2.24) is 0 Å². The Bertz CT molecular complexity index is 971. The van der Waals surface area contributed by atoms with Crippen LogP contribution in [0.2, 0.25) is 0 Å². The third-order valence-corrected chi connectivity index (χ3v) is 6.13. The van der Waals surface area contributed by atoms with Gasteiger partial charge in [0, 0.05) is 21.1 Å². The zero-order chi connectivity index (χ0) is 23.1. The Hall–Kier alpha value is -2.22. The van der Waals surface area contributed by atoms with Crippen LogP contribution in [0.1, 0.15) is 61.0 Å². The number of ketones is 1. The number of Topliss-reactive ketones (excluding diaryl/α,β-unsaturated/α-hetero) is 1. The largest absolute Gasteiger partial charge is 0.493 e. The van der Waals surface area contributed by atoms with Gasteiger partial charge < -0.3 is 18.9 Å². The van der Waals surface area contributed by atoms with E-state index in [0.717, 1.165) is 46.0 Å². The number of carbonyl (C=O) groups excluding carboxylic acids is 1. The minimum atomic E-state index is -0.0741. The number of ether oxygens (including phenoxy) is 4. The van der Waals surface area contributed by atoms with Crippen molar-refractivity contribution in [3.05, 3.63) is 56.4 Å². The third-order valence-electron chi connectivity index (χ3n) is 5.46. The Morgan fingerprint density at radius 2 is 1.53 bits per heavy atom. The van der Waals surface area contributed by atoms with Crippen molar-refractivity contribution in [2.45, 2.75) is 46.0 Å². The Morgan fingerprint density at radius 1 is 0.906 bits per heavy atom. The molecule has 0 aromatic heterocycles. The first-order valence-corrected chi connectivity index (χ1v) is 12.2. The first-order valence-electron chi connectivity index (χ1n) is 11.1. The van der Waals surface area contributed by atoms with Gasteiger partial charge in [-0.05, 0) is 76.9 Å². The maximum atomic E-state index is 13.4. The summed E-state index contributed by atoms with van der Waals surface area (Å²) in [7, 11) is 3.23. The number of unbranched alkanes of at least 4 members (excludes halogenated alkanes) is 2. The van der Waals surface area contributed by atoms with Crippen LogP contribution in [0.4, 0.5) is 0 Å². The highest BCUT2D eigenvalue weighted by Crippen LogP contribution is 2.43. The van der Waals surface area contributed by atoms with Gasteiger partial charge in [0.15, 0.2) is 17.3 Å². The van der Waals surface area contributed by atoms with E-state index in [1.807, 2.05) is 24.3 Å². The van der Waals surface area contributed by atoms with Gasteiger partial charge in [0.25, 0.3) is 0 Å². The van der Waals surface area contributed by atoms with Crippen molar-refractivity contribution in [2.24, 2.45) is 0 Å². The average Bonchev–Trinajstić information content (AvgIpc) is 2.80. The molecule has 0 heterocycles. The molecule has 6 heteroatoms. The van der Waals surface area contributed by atoms with Gasteiger partial charge in [0.1, 0.15) is 0 Å². The Morgan fingerprint density at radius 3 is 2.12 bits per heavy atom. The number of halogens is 1. The number of carbonyl (C=O) groups is 1. The zero-order valence-electron chi connectivity index (χ0n) is 19.3. The van der Waals surface area contributed by atoms with Gasteiger partial charge in [0.05, 0.1) is 27.4 Å². The van der Waals surface area contributed by atoms with Crippen molar-refractivity contribution in [3.63, 3.8) is 0 Å². The topological polar surface area (TPSA) is 54.0 Å². The van der Waals surface area contributed by atoms with E-state index in [1.165, 1.54) is 0 Å². The van der Waals surface area contributed by atoms with E-state index in [2.05, 4.69) is 42.5 Å². The minimum Gasteiger partial charge on any atom is -0.493 e. The molecule has 0 saturated carbocycles. The molecule has 172 valence electrons. The fraction of sp³-hybridized carbons (Fsp3) is 0.423. The standard InChI is InChI=1S/C26H31IO5/c1-5-7-11-31-25-21(14-17-13-19(27)9-10-20(17)24(25)28)18-15-22(29-3)26(23(16-18)30-4)32-12-8-6-2/h9-10,13,15-16H,5-8,11-12,14H2,1-4H3. The first-order chi connectivity index (χ1) is 15.5. The molecule has 0 atom stereocenters. The number of rotatable bonds is 11. The van der Waals surface area contributed by atoms with Gasteiger partial charge in [-0.3, -0.25) is 4.79 Å². The van der Waals surface area contributed by atoms with Gasteiger partial charge in [-0.2, -0.15) is 0 Å². The number of benzene rings is 2. The lowest BCUT2D eigenvalue weighted by molar-refractivity contribution is 0.0913. The molecule has 0 bridgehead atoms. The number of hydrogen-bond donors (Lipinski definition) is 0. The lowest BCUT2D eigenvalue weighted by Crippen LogP contribution is -2.19. The van der Waals surface area contributed by atoms with Crippen molar-refractivity contribution < 1.29 is 23.7 Å². The molecule has 0 amide bonds. The molecule has 1 aliphatic carbocycles. The molecule has 5 nitrogen and oxygen atoms in total. The number of methoxy groups -OCH3 is 2. The highest BCUT2D eigenvalue weighted by atomic mass is 127. The van der Waals surface area contributed by atoms with Crippen LogP contribution in [0.3, 0.4) is 0 Å². The van der Waals surface area contributed by atoms with Crippen LogP contribution in [-0.2, 0) is 11.2 Å². The molecule has 2 aromatic carbocycles. The quantitative estimate of drug-likeness (QED) is 0.238. The van der Waals surface area contributed by atoms with Crippen LogP contribution >= 0.6 is 22.6 Å². The molecule has 2 aromatic rings. The second-order valence-electron chi connectivity index (χ2n) is 7.73. The number of hydrogen-bond acceptors (Lipinski definition) is 5. The Balaban J connectivity index is 2.09. The molecule has 3 rings (SSSR count). The van der Waals surface area contributed by atoms with Gasteiger partial charge in [-0.1, -0.05) is 26.7 Å². The van der Waals surface area contributed by atoms with Gasteiger partial charge in [0.2, 0.25) is 11.5 Å².